The summed E-state index contributed by atoms with van der Waals surface area (Å²) in [7, 11) is 0. The van der Waals surface area contributed by atoms with Crippen LogP contribution in [-0.2, 0) is 4.79 Å². The van der Waals surface area contributed by atoms with Crippen LogP contribution in [0.15, 0.2) is 29.2 Å². The molecule has 0 aromatic heterocycles. The average Bonchev–Trinajstić information content (AvgIpc) is 2.18. The summed E-state index contributed by atoms with van der Waals surface area (Å²) in [5, 5.41) is 8.68. The molecule has 3 nitrogen and oxygen atoms in total. The van der Waals surface area contributed by atoms with Crippen LogP contribution in [0.3, 0.4) is 0 Å². The van der Waals surface area contributed by atoms with E-state index in [0.717, 1.165) is 4.90 Å². The lowest BCUT2D eigenvalue weighted by Gasteiger charge is -2.12. The Morgan fingerprint density at radius 2 is 2.14 bits per heavy atom. The van der Waals surface area contributed by atoms with E-state index in [-0.39, 0.29) is 0 Å². The van der Waals surface area contributed by atoms with Gasteiger partial charge < -0.3 is 9.84 Å². The van der Waals surface area contributed by atoms with Gasteiger partial charge in [0.1, 0.15) is 5.75 Å². The maximum atomic E-state index is 10.6. The zero-order valence-electron chi connectivity index (χ0n) is 8.06. The maximum absolute atomic E-state index is 10.6. The molecule has 0 aliphatic rings. The molecule has 0 spiro atoms. The minimum Gasteiger partial charge on any atom is -0.479 e. The molecule has 0 aliphatic carbocycles. The molecule has 14 heavy (non-hydrogen) atoms. The van der Waals surface area contributed by atoms with Crippen molar-refractivity contribution in [1.29, 1.82) is 0 Å². The summed E-state index contributed by atoms with van der Waals surface area (Å²) in [6.07, 6.45) is 1.11. The Morgan fingerprint density at radius 3 is 2.71 bits per heavy atom. The van der Waals surface area contributed by atoms with E-state index in [4.69, 9.17) is 9.84 Å². The number of hydrogen-bond donors (Lipinski definition) is 1. The fourth-order valence-corrected chi connectivity index (χ4v) is 1.49. The average molecular weight is 212 g/mol. The van der Waals surface area contributed by atoms with Crippen molar-refractivity contribution < 1.29 is 14.6 Å². The third kappa shape index (κ3) is 2.67. The lowest BCUT2D eigenvalue weighted by molar-refractivity contribution is -0.144. The molecule has 0 bridgehead atoms. The lowest BCUT2D eigenvalue weighted by Crippen LogP contribution is -2.23. The normalized spacial score (nSPS) is 12.1. The number of para-hydroxylation sites is 1. The van der Waals surface area contributed by atoms with Gasteiger partial charge in [0, 0.05) is 4.90 Å². The van der Waals surface area contributed by atoms with Gasteiger partial charge in [-0.05, 0) is 25.3 Å². The molecule has 1 aromatic rings. The highest BCUT2D eigenvalue weighted by Crippen LogP contribution is 2.27. The Morgan fingerprint density at radius 1 is 1.50 bits per heavy atom. The van der Waals surface area contributed by atoms with Crippen molar-refractivity contribution in [1.82, 2.24) is 0 Å². The van der Waals surface area contributed by atoms with Crippen LogP contribution in [-0.4, -0.2) is 23.4 Å². The van der Waals surface area contributed by atoms with Crippen LogP contribution in [0.25, 0.3) is 0 Å². The number of thioether (sulfide) groups is 1. The molecule has 76 valence electrons. The number of carboxylic acids is 1. The van der Waals surface area contributed by atoms with Crippen molar-refractivity contribution in [2.75, 3.05) is 6.26 Å². The van der Waals surface area contributed by atoms with E-state index < -0.39 is 12.1 Å². The Labute approximate surface area is 87.1 Å². The number of aliphatic carboxylic acids is 1. The summed E-state index contributed by atoms with van der Waals surface area (Å²) < 4.78 is 5.28. The van der Waals surface area contributed by atoms with E-state index in [1.54, 1.807) is 6.07 Å². The molecule has 0 amide bonds. The molecule has 0 aliphatic heterocycles. The summed E-state index contributed by atoms with van der Waals surface area (Å²) in [6, 6.07) is 7.38. The van der Waals surface area contributed by atoms with Crippen LogP contribution in [0.1, 0.15) is 6.92 Å². The Balaban J connectivity index is 2.80. The molecule has 0 saturated carbocycles. The number of benzene rings is 1. The summed E-state index contributed by atoms with van der Waals surface area (Å²) in [5.74, 6) is -0.337. The minimum absolute atomic E-state index is 0.620. The molecule has 0 heterocycles. The monoisotopic (exact) mass is 212 g/mol. The quantitative estimate of drug-likeness (QED) is 0.778. The third-order valence-electron chi connectivity index (χ3n) is 1.72. The number of carboxylic acid groups (broad SMARTS) is 1. The van der Waals surface area contributed by atoms with E-state index in [1.165, 1.54) is 18.7 Å². The first-order valence-corrected chi connectivity index (χ1v) is 5.40. The van der Waals surface area contributed by atoms with E-state index in [9.17, 15) is 4.79 Å². The van der Waals surface area contributed by atoms with Gasteiger partial charge in [0.05, 0.1) is 0 Å². The Kier molecular flexibility index (Phi) is 3.83. The van der Waals surface area contributed by atoms with Gasteiger partial charge in [0.15, 0.2) is 6.10 Å². The molecule has 1 rings (SSSR count). The first-order chi connectivity index (χ1) is 6.65. The van der Waals surface area contributed by atoms with Gasteiger partial charge in [0.25, 0.3) is 0 Å². The van der Waals surface area contributed by atoms with Crippen molar-refractivity contribution in [3.05, 3.63) is 24.3 Å². The summed E-state index contributed by atoms with van der Waals surface area (Å²) in [4.78, 5) is 11.5. The molecule has 0 saturated heterocycles. The molecule has 0 unspecified atom stereocenters. The Hall–Kier alpha value is -1.16. The van der Waals surface area contributed by atoms with Crippen molar-refractivity contribution in [3.63, 3.8) is 0 Å². The van der Waals surface area contributed by atoms with E-state index in [1.807, 2.05) is 24.5 Å². The number of ether oxygens (including phenoxy) is 1. The van der Waals surface area contributed by atoms with Gasteiger partial charge >= 0.3 is 5.97 Å². The fourth-order valence-electron chi connectivity index (χ4n) is 0.957. The summed E-state index contributed by atoms with van der Waals surface area (Å²) in [6.45, 7) is 1.51. The van der Waals surface area contributed by atoms with Crippen LogP contribution in [0.5, 0.6) is 5.75 Å². The fraction of sp³-hybridized carbons (Fsp3) is 0.300. The molecule has 0 fully saturated rings. The molecular formula is C10H12O3S. The second-order valence-corrected chi connectivity index (χ2v) is 3.60. The van der Waals surface area contributed by atoms with Gasteiger partial charge in [-0.25, -0.2) is 4.79 Å². The zero-order chi connectivity index (χ0) is 10.6. The number of rotatable bonds is 4. The zero-order valence-corrected chi connectivity index (χ0v) is 8.88. The van der Waals surface area contributed by atoms with Gasteiger partial charge in [0.2, 0.25) is 0 Å². The predicted octanol–water partition coefficient (Wildman–Crippen LogP) is 2.26. The molecule has 1 N–H and O–H groups in total. The molecule has 1 atom stereocenters. The van der Waals surface area contributed by atoms with Gasteiger partial charge in [-0.15, -0.1) is 11.8 Å². The van der Waals surface area contributed by atoms with Crippen molar-refractivity contribution in [3.8, 4) is 5.75 Å². The van der Waals surface area contributed by atoms with Gasteiger partial charge in [-0.3, -0.25) is 0 Å². The van der Waals surface area contributed by atoms with Crippen LogP contribution in [0.2, 0.25) is 0 Å². The van der Waals surface area contributed by atoms with Crippen LogP contribution >= 0.6 is 11.8 Å². The molecule has 0 radical (unpaired) electrons. The SMILES string of the molecule is CSc1ccccc1O[C@@H](C)C(=O)O. The molecular weight excluding hydrogens is 200 g/mol. The molecule has 4 heteroatoms. The maximum Gasteiger partial charge on any atom is 0.344 e. The molecule has 1 aromatic carbocycles. The van der Waals surface area contributed by atoms with Crippen LogP contribution in [0, 0.1) is 0 Å². The van der Waals surface area contributed by atoms with Crippen molar-refractivity contribution >= 4 is 17.7 Å². The predicted molar refractivity (Wildman–Crippen MR) is 55.9 cm³/mol. The second-order valence-electron chi connectivity index (χ2n) is 2.75. The minimum atomic E-state index is -0.957. The van der Waals surface area contributed by atoms with Crippen molar-refractivity contribution in [2.24, 2.45) is 0 Å². The van der Waals surface area contributed by atoms with E-state index in [0.29, 0.717) is 5.75 Å². The topological polar surface area (TPSA) is 46.5 Å². The van der Waals surface area contributed by atoms with Crippen molar-refractivity contribution in [2.45, 2.75) is 17.9 Å². The Bertz CT molecular complexity index is 325. The largest absolute Gasteiger partial charge is 0.479 e. The highest BCUT2D eigenvalue weighted by atomic mass is 32.2. The second kappa shape index (κ2) is 4.91. The van der Waals surface area contributed by atoms with Gasteiger partial charge in [-0.1, -0.05) is 12.1 Å². The number of hydrogen-bond acceptors (Lipinski definition) is 3. The van der Waals surface area contributed by atoms with E-state index in [2.05, 4.69) is 0 Å². The van der Waals surface area contributed by atoms with Gasteiger partial charge in [-0.2, -0.15) is 0 Å². The summed E-state index contributed by atoms with van der Waals surface area (Å²) in [5.41, 5.74) is 0. The van der Waals surface area contributed by atoms with Crippen LogP contribution < -0.4 is 4.74 Å². The smallest absolute Gasteiger partial charge is 0.344 e. The third-order valence-corrected chi connectivity index (χ3v) is 2.50. The standard InChI is InChI=1S/C10H12O3S/c1-7(10(11)12)13-8-5-3-4-6-9(8)14-2/h3-7H,1-2H3,(H,11,12)/t7-/m0/s1. The highest BCUT2D eigenvalue weighted by molar-refractivity contribution is 7.98. The van der Waals surface area contributed by atoms with Crippen LogP contribution in [0.4, 0.5) is 0 Å². The lowest BCUT2D eigenvalue weighted by atomic mass is 10.3. The first-order valence-electron chi connectivity index (χ1n) is 4.17. The van der Waals surface area contributed by atoms with E-state index >= 15 is 0 Å². The highest BCUT2D eigenvalue weighted by Gasteiger charge is 2.13. The first kappa shape index (κ1) is 10.9. The summed E-state index contributed by atoms with van der Waals surface area (Å²) >= 11 is 1.53. The number of carbonyl (C=O) groups is 1.